The van der Waals surface area contributed by atoms with E-state index < -0.39 is 0 Å². The summed E-state index contributed by atoms with van der Waals surface area (Å²) in [6.45, 7) is 1.54. The molecule has 0 bridgehead atoms. The van der Waals surface area contributed by atoms with E-state index in [0.717, 1.165) is 10.5 Å². The molecule has 2 aromatic carbocycles. The summed E-state index contributed by atoms with van der Waals surface area (Å²) in [4.78, 5) is 13.4. The highest BCUT2D eigenvalue weighted by atomic mass is 35.5. The molecule has 19 heavy (non-hydrogen) atoms. The zero-order chi connectivity index (χ0) is 13.7. The fraction of sp³-hybridized carbons (Fsp3) is 0.0625. The molecular formula is C16H13ClOS. The van der Waals surface area contributed by atoms with Gasteiger partial charge in [-0.25, -0.2) is 0 Å². The smallest absolute Gasteiger partial charge is 0.168 e. The molecule has 0 aromatic heterocycles. The van der Waals surface area contributed by atoms with Crippen molar-refractivity contribution in [3.8, 4) is 0 Å². The maximum Gasteiger partial charge on any atom is 0.168 e. The highest BCUT2D eigenvalue weighted by Gasteiger charge is 2.13. The summed E-state index contributed by atoms with van der Waals surface area (Å²) in [5, 5.41) is 0.502. The third-order valence-corrected chi connectivity index (χ3v) is 4.23. The summed E-state index contributed by atoms with van der Waals surface area (Å²) in [5.74, 6) is -0.0253. The Balaban J connectivity index is 2.38. The van der Waals surface area contributed by atoms with Gasteiger partial charge in [0.1, 0.15) is 0 Å². The number of ketones is 1. The van der Waals surface area contributed by atoms with E-state index in [4.69, 9.17) is 11.6 Å². The summed E-state index contributed by atoms with van der Waals surface area (Å²) < 4.78 is 0. The van der Waals surface area contributed by atoms with Crippen LogP contribution in [0.4, 0.5) is 0 Å². The van der Waals surface area contributed by atoms with Crippen LogP contribution >= 0.6 is 23.4 Å². The summed E-state index contributed by atoms with van der Waals surface area (Å²) in [7, 11) is 0. The fourth-order valence-corrected chi connectivity index (χ4v) is 2.85. The molecule has 0 atom stereocenters. The molecule has 0 fully saturated rings. The van der Waals surface area contributed by atoms with Gasteiger partial charge >= 0.3 is 0 Å². The molecule has 1 nitrogen and oxygen atoms in total. The summed E-state index contributed by atoms with van der Waals surface area (Å²) >= 11 is 7.75. The molecule has 0 aliphatic heterocycles. The second kappa shape index (κ2) is 6.60. The number of rotatable bonds is 4. The van der Waals surface area contributed by atoms with E-state index in [1.807, 2.05) is 60.7 Å². The van der Waals surface area contributed by atoms with Crippen molar-refractivity contribution >= 4 is 34.2 Å². The van der Waals surface area contributed by atoms with Crippen molar-refractivity contribution in [2.45, 2.75) is 11.8 Å². The Morgan fingerprint density at radius 2 is 1.47 bits per heavy atom. The molecule has 2 aromatic rings. The molecular weight excluding hydrogens is 276 g/mol. The third-order valence-electron chi connectivity index (χ3n) is 2.51. The number of Topliss-reactive ketones (excluding diaryl/α,β-unsaturated/α-hetero) is 1. The number of thioether (sulfide) groups is 1. The van der Waals surface area contributed by atoms with Crippen LogP contribution in [0.5, 0.6) is 0 Å². The van der Waals surface area contributed by atoms with Gasteiger partial charge in [-0.2, -0.15) is 0 Å². The largest absolute Gasteiger partial charge is 0.294 e. The van der Waals surface area contributed by atoms with Crippen molar-refractivity contribution in [3.63, 3.8) is 0 Å². The number of carbonyl (C=O) groups is 1. The Labute approximate surface area is 122 Å². The van der Waals surface area contributed by atoms with Gasteiger partial charge in [0.25, 0.3) is 0 Å². The molecule has 0 N–H and O–H groups in total. The monoisotopic (exact) mass is 288 g/mol. The summed E-state index contributed by atoms with van der Waals surface area (Å²) in [5.41, 5.74) is 0.859. The molecule has 0 aliphatic rings. The molecule has 3 heteroatoms. The minimum absolute atomic E-state index is 0.0253. The molecule has 0 amide bonds. The average Bonchev–Trinajstić information content (AvgIpc) is 2.46. The van der Waals surface area contributed by atoms with Crippen LogP contribution in [-0.4, -0.2) is 5.78 Å². The molecule has 0 spiro atoms. The second-order valence-electron chi connectivity index (χ2n) is 3.98. The number of carbonyl (C=O) groups excluding carboxylic acids is 1. The van der Waals surface area contributed by atoms with E-state index in [1.54, 1.807) is 0 Å². The maximum absolute atomic E-state index is 11.8. The van der Waals surface area contributed by atoms with Crippen LogP contribution in [0.25, 0.3) is 5.03 Å². The van der Waals surface area contributed by atoms with Gasteiger partial charge in [-0.1, -0.05) is 71.9 Å². The Morgan fingerprint density at radius 3 is 2.00 bits per heavy atom. The lowest BCUT2D eigenvalue weighted by Crippen LogP contribution is -1.95. The molecule has 0 radical (unpaired) electrons. The molecule has 0 heterocycles. The van der Waals surface area contributed by atoms with Crippen LogP contribution in [0, 0.1) is 0 Å². The lowest BCUT2D eigenvalue weighted by Gasteiger charge is -2.07. The number of hydrogen-bond acceptors (Lipinski definition) is 2. The number of benzene rings is 2. The van der Waals surface area contributed by atoms with Crippen molar-refractivity contribution in [1.29, 1.82) is 0 Å². The predicted octanol–water partition coefficient (Wildman–Crippen LogP) is 4.98. The minimum atomic E-state index is -0.0253. The van der Waals surface area contributed by atoms with Crippen molar-refractivity contribution in [2.24, 2.45) is 0 Å². The first-order valence-electron chi connectivity index (χ1n) is 5.87. The lowest BCUT2D eigenvalue weighted by molar-refractivity contribution is -0.112. The van der Waals surface area contributed by atoms with Gasteiger partial charge in [0.15, 0.2) is 5.78 Å². The Bertz CT molecular complexity index is 591. The molecule has 0 saturated heterocycles. The van der Waals surface area contributed by atoms with Crippen LogP contribution in [0.3, 0.4) is 0 Å². The normalized spacial score (nSPS) is 11.9. The average molecular weight is 289 g/mol. The number of hydrogen-bond donors (Lipinski definition) is 0. The van der Waals surface area contributed by atoms with Crippen LogP contribution in [0.15, 0.2) is 70.5 Å². The predicted molar refractivity (Wildman–Crippen MR) is 82.2 cm³/mol. The van der Waals surface area contributed by atoms with Crippen LogP contribution < -0.4 is 0 Å². The van der Waals surface area contributed by atoms with Gasteiger partial charge in [0.2, 0.25) is 0 Å². The summed E-state index contributed by atoms with van der Waals surface area (Å²) in [6, 6.07) is 19.3. The third kappa shape index (κ3) is 3.72. The molecule has 0 aliphatic carbocycles. The Hall–Kier alpha value is -1.51. The van der Waals surface area contributed by atoms with Crippen molar-refractivity contribution in [3.05, 3.63) is 71.1 Å². The molecule has 2 rings (SSSR count). The molecule has 96 valence electrons. The molecule has 0 saturated carbocycles. The Kier molecular flexibility index (Phi) is 4.83. The van der Waals surface area contributed by atoms with Crippen molar-refractivity contribution in [2.75, 3.05) is 0 Å². The SMILES string of the molecule is CC(=O)/C(Sc1ccccc1)=C(\Cl)c1ccccc1. The highest BCUT2D eigenvalue weighted by Crippen LogP contribution is 2.35. The van der Waals surface area contributed by atoms with E-state index in [-0.39, 0.29) is 5.78 Å². The Morgan fingerprint density at radius 1 is 0.947 bits per heavy atom. The minimum Gasteiger partial charge on any atom is -0.294 e. The van der Waals surface area contributed by atoms with Gasteiger partial charge < -0.3 is 0 Å². The van der Waals surface area contributed by atoms with Crippen molar-refractivity contribution < 1.29 is 4.79 Å². The van der Waals surface area contributed by atoms with Gasteiger partial charge in [0, 0.05) is 4.90 Å². The topological polar surface area (TPSA) is 17.1 Å². The fourth-order valence-electron chi connectivity index (χ4n) is 1.59. The quantitative estimate of drug-likeness (QED) is 0.583. The lowest BCUT2D eigenvalue weighted by atomic mass is 10.2. The zero-order valence-corrected chi connectivity index (χ0v) is 12.0. The van der Waals surface area contributed by atoms with Gasteiger partial charge in [-0.3, -0.25) is 4.79 Å². The van der Waals surface area contributed by atoms with E-state index in [2.05, 4.69) is 0 Å². The number of halogens is 1. The van der Waals surface area contributed by atoms with E-state index in [9.17, 15) is 4.79 Å². The zero-order valence-electron chi connectivity index (χ0n) is 10.5. The second-order valence-corrected chi connectivity index (χ2v) is 5.44. The first kappa shape index (κ1) is 13.9. The van der Waals surface area contributed by atoms with Gasteiger partial charge in [0.05, 0.1) is 9.94 Å². The van der Waals surface area contributed by atoms with E-state index in [1.165, 1.54) is 18.7 Å². The standard InChI is InChI=1S/C16H13ClOS/c1-12(18)16(19-14-10-6-3-7-11-14)15(17)13-8-4-2-5-9-13/h2-11H,1H3/b16-15+. The van der Waals surface area contributed by atoms with Gasteiger partial charge in [-0.15, -0.1) is 0 Å². The highest BCUT2D eigenvalue weighted by molar-refractivity contribution is 8.04. The first-order chi connectivity index (χ1) is 9.18. The summed E-state index contributed by atoms with van der Waals surface area (Å²) in [6.07, 6.45) is 0. The first-order valence-corrected chi connectivity index (χ1v) is 7.07. The van der Waals surface area contributed by atoms with Crippen LogP contribution in [-0.2, 0) is 4.79 Å². The maximum atomic E-state index is 11.8. The van der Waals surface area contributed by atoms with Crippen molar-refractivity contribution in [1.82, 2.24) is 0 Å². The van der Waals surface area contributed by atoms with Crippen LogP contribution in [0.1, 0.15) is 12.5 Å². The van der Waals surface area contributed by atoms with E-state index in [0.29, 0.717) is 9.94 Å². The van der Waals surface area contributed by atoms with Crippen LogP contribution in [0.2, 0.25) is 0 Å². The number of allylic oxidation sites excluding steroid dienone is 1. The van der Waals surface area contributed by atoms with Gasteiger partial charge in [-0.05, 0) is 24.6 Å². The van der Waals surface area contributed by atoms with E-state index >= 15 is 0 Å². The molecule has 0 unspecified atom stereocenters.